The summed E-state index contributed by atoms with van der Waals surface area (Å²) in [6.45, 7) is 9.85. The highest BCUT2D eigenvalue weighted by atomic mass is 15.3. The predicted molar refractivity (Wildman–Crippen MR) is 120 cm³/mol. The molecular formula is C23H29N7. The van der Waals surface area contributed by atoms with Gasteiger partial charge < -0.3 is 11.1 Å². The molecule has 1 aliphatic rings. The molecule has 0 bridgehead atoms. The van der Waals surface area contributed by atoms with Gasteiger partial charge in [0.15, 0.2) is 0 Å². The number of aromatic nitrogens is 3. The van der Waals surface area contributed by atoms with Crippen LogP contribution in [0.1, 0.15) is 22.5 Å². The molecule has 7 nitrogen and oxygen atoms in total. The Morgan fingerprint density at radius 1 is 0.867 bits per heavy atom. The molecule has 0 atom stereocenters. The maximum absolute atomic E-state index is 5.96. The number of rotatable bonds is 6. The smallest absolute Gasteiger partial charge is 0.232 e. The molecule has 0 saturated carbocycles. The molecule has 1 saturated heterocycles. The zero-order valence-electron chi connectivity index (χ0n) is 17.7. The molecule has 3 aromatic rings. The summed E-state index contributed by atoms with van der Waals surface area (Å²) in [6, 6.07) is 16.9. The number of nitrogens with zero attached hydrogens (tertiary/aromatic N) is 5. The van der Waals surface area contributed by atoms with Crippen molar-refractivity contribution in [2.45, 2.75) is 26.9 Å². The Labute approximate surface area is 178 Å². The lowest BCUT2D eigenvalue weighted by Crippen LogP contribution is -2.45. The van der Waals surface area contributed by atoms with Gasteiger partial charge in [0, 0.05) is 38.4 Å². The molecule has 2 heterocycles. The summed E-state index contributed by atoms with van der Waals surface area (Å²) in [6.07, 6.45) is 0. The Morgan fingerprint density at radius 3 is 2.27 bits per heavy atom. The molecule has 1 aromatic heterocycles. The van der Waals surface area contributed by atoms with Crippen molar-refractivity contribution in [1.82, 2.24) is 24.8 Å². The normalized spacial score (nSPS) is 15.3. The maximum atomic E-state index is 5.96. The predicted octanol–water partition coefficient (Wildman–Crippen LogP) is 3.13. The van der Waals surface area contributed by atoms with Gasteiger partial charge >= 0.3 is 0 Å². The fourth-order valence-corrected chi connectivity index (χ4v) is 3.79. The first-order valence-electron chi connectivity index (χ1n) is 10.4. The molecule has 2 aromatic carbocycles. The van der Waals surface area contributed by atoms with Crippen molar-refractivity contribution < 1.29 is 0 Å². The van der Waals surface area contributed by atoms with E-state index in [0.717, 1.165) is 44.0 Å². The van der Waals surface area contributed by atoms with Gasteiger partial charge in [-0.1, -0.05) is 48.0 Å². The van der Waals surface area contributed by atoms with Crippen LogP contribution in [0.5, 0.6) is 0 Å². The lowest BCUT2D eigenvalue weighted by Gasteiger charge is -2.34. The zero-order valence-corrected chi connectivity index (χ0v) is 17.7. The summed E-state index contributed by atoms with van der Waals surface area (Å²) >= 11 is 0. The highest BCUT2D eigenvalue weighted by Crippen LogP contribution is 2.20. The van der Waals surface area contributed by atoms with E-state index in [2.05, 4.69) is 86.4 Å². The van der Waals surface area contributed by atoms with E-state index in [1.54, 1.807) is 0 Å². The minimum Gasteiger partial charge on any atom is -0.368 e. The monoisotopic (exact) mass is 403 g/mol. The van der Waals surface area contributed by atoms with E-state index >= 15 is 0 Å². The van der Waals surface area contributed by atoms with Crippen molar-refractivity contribution in [1.29, 1.82) is 0 Å². The zero-order chi connectivity index (χ0) is 20.9. The van der Waals surface area contributed by atoms with Crippen molar-refractivity contribution in [2.24, 2.45) is 0 Å². The molecule has 4 rings (SSSR count). The van der Waals surface area contributed by atoms with Gasteiger partial charge in [-0.05, 0) is 31.0 Å². The number of hydrogen-bond acceptors (Lipinski definition) is 7. The van der Waals surface area contributed by atoms with E-state index in [4.69, 9.17) is 5.73 Å². The van der Waals surface area contributed by atoms with E-state index in [9.17, 15) is 0 Å². The van der Waals surface area contributed by atoms with Gasteiger partial charge in [-0.15, -0.1) is 0 Å². The molecule has 7 heteroatoms. The largest absolute Gasteiger partial charge is 0.368 e. The highest BCUT2D eigenvalue weighted by Gasteiger charge is 2.18. The van der Waals surface area contributed by atoms with Crippen molar-refractivity contribution >= 4 is 17.6 Å². The van der Waals surface area contributed by atoms with Gasteiger partial charge in [-0.2, -0.15) is 15.0 Å². The third kappa shape index (κ3) is 5.31. The third-order valence-corrected chi connectivity index (χ3v) is 5.41. The minimum atomic E-state index is 0.245. The third-order valence-electron chi connectivity index (χ3n) is 5.41. The van der Waals surface area contributed by atoms with E-state index in [1.165, 1.54) is 11.1 Å². The minimum absolute atomic E-state index is 0.245. The molecule has 3 N–H and O–H groups in total. The number of piperazine rings is 1. The van der Waals surface area contributed by atoms with Crippen LogP contribution in [-0.2, 0) is 13.1 Å². The molecule has 30 heavy (non-hydrogen) atoms. The SMILES string of the molecule is Cc1ccc(Nc2nc(N)nc(CN3CCN(Cc4ccccc4)CC3)n2)c(C)c1. The second-order valence-electron chi connectivity index (χ2n) is 7.91. The Hall–Kier alpha value is -3.03. The number of nitrogens with two attached hydrogens (primary N) is 1. The van der Waals surface area contributed by atoms with E-state index < -0.39 is 0 Å². The fraction of sp³-hybridized carbons (Fsp3) is 0.348. The number of aryl methyl sites for hydroxylation is 2. The quantitative estimate of drug-likeness (QED) is 0.654. The number of hydrogen-bond donors (Lipinski definition) is 2. The molecule has 0 amide bonds. The Bertz CT molecular complexity index is 982. The van der Waals surface area contributed by atoms with Crippen molar-refractivity contribution in [3.8, 4) is 0 Å². The van der Waals surface area contributed by atoms with Gasteiger partial charge in [0.25, 0.3) is 0 Å². The second kappa shape index (κ2) is 9.19. The summed E-state index contributed by atoms with van der Waals surface area (Å²) in [7, 11) is 0. The van der Waals surface area contributed by atoms with Crippen LogP contribution in [0, 0.1) is 13.8 Å². The number of anilines is 3. The van der Waals surface area contributed by atoms with Crippen molar-refractivity contribution in [3.05, 3.63) is 71.0 Å². The number of benzene rings is 2. The first-order chi connectivity index (χ1) is 14.5. The van der Waals surface area contributed by atoms with Gasteiger partial charge in [-0.25, -0.2) is 0 Å². The Morgan fingerprint density at radius 2 is 1.57 bits per heavy atom. The fourth-order valence-electron chi connectivity index (χ4n) is 3.79. The van der Waals surface area contributed by atoms with Crippen molar-refractivity contribution in [2.75, 3.05) is 37.2 Å². The van der Waals surface area contributed by atoms with Crippen LogP contribution in [0.3, 0.4) is 0 Å². The number of nitrogen functional groups attached to an aromatic ring is 1. The molecule has 156 valence electrons. The standard InChI is InChI=1S/C23H29N7/c1-17-8-9-20(18(2)14-17)25-23-27-21(26-22(24)28-23)16-30-12-10-29(11-13-30)15-19-6-4-3-5-7-19/h3-9,14H,10-13,15-16H2,1-2H3,(H3,24,25,26,27,28). The van der Waals surface area contributed by atoms with Crippen LogP contribution < -0.4 is 11.1 Å². The highest BCUT2D eigenvalue weighted by molar-refractivity contribution is 5.59. The van der Waals surface area contributed by atoms with Gasteiger partial charge in [0.1, 0.15) is 5.82 Å². The van der Waals surface area contributed by atoms with Crippen LogP contribution in [-0.4, -0.2) is 50.9 Å². The molecule has 1 fully saturated rings. The lowest BCUT2D eigenvalue weighted by atomic mass is 10.1. The summed E-state index contributed by atoms with van der Waals surface area (Å²) in [5.74, 6) is 1.44. The summed E-state index contributed by atoms with van der Waals surface area (Å²) < 4.78 is 0. The van der Waals surface area contributed by atoms with Crippen LogP contribution in [0.25, 0.3) is 0 Å². The maximum Gasteiger partial charge on any atom is 0.232 e. The summed E-state index contributed by atoms with van der Waals surface area (Å²) in [4.78, 5) is 18.1. The van der Waals surface area contributed by atoms with Crippen LogP contribution in [0.4, 0.5) is 17.6 Å². The van der Waals surface area contributed by atoms with Gasteiger partial charge in [-0.3, -0.25) is 9.80 Å². The average molecular weight is 404 g/mol. The first kappa shape index (κ1) is 20.3. The van der Waals surface area contributed by atoms with Crippen molar-refractivity contribution in [3.63, 3.8) is 0 Å². The van der Waals surface area contributed by atoms with Gasteiger partial charge in [0.05, 0.1) is 6.54 Å². The number of nitrogens with one attached hydrogen (secondary N) is 1. The van der Waals surface area contributed by atoms with Crippen LogP contribution in [0.15, 0.2) is 48.5 Å². The van der Waals surface area contributed by atoms with Gasteiger partial charge in [0.2, 0.25) is 11.9 Å². The van der Waals surface area contributed by atoms with E-state index in [0.29, 0.717) is 18.3 Å². The van der Waals surface area contributed by atoms with E-state index in [-0.39, 0.29) is 5.95 Å². The molecule has 0 spiro atoms. The molecule has 0 unspecified atom stereocenters. The lowest BCUT2D eigenvalue weighted by molar-refractivity contribution is 0.120. The molecular weight excluding hydrogens is 374 g/mol. The summed E-state index contributed by atoms with van der Waals surface area (Å²) in [5.41, 5.74) is 10.7. The van der Waals surface area contributed by atoms with E-state index in [1.807, 2.05) is 6.07 Å². The topological polar surface area (TPSA) is 83.2 Å². The average Bonchev–Trinajstić information content (AvgIpc) is 2.72. The van der Waals surface area contributed by atoms with Crippen LogP contribution in [0.2, 0.25) is 0 Å². The molecule has 0 aliphatic carbocycles. The van der Waals surface area contributed by atoms with Crippen LogP contribution >= 0.6 is 0 Å². The molecule has 0 radical (unpaired) electrons. The Balaban J connectivity index is 1.36. The molecule has 1 aliphatic heterocycles. The Kier molecular flexibility index (Phi) is 6.21. The second-order valence-corrected chi connectivity index (χ2v) is 7.91. The summed E-state index contributed by atoms with van der Waals surface area (Å²) in [5, 5.41) is 3.28. The first-order valence-corrected chi connectivity index (χ1v) is 10.4.